The highest BCUT2D eigenvalue weighted by molar-refractivity contribution is 6.01. The Bertz CT molecular complexity index is 530. The third kappa shape index (κ3) is 2.91. The molecule has 2 amide bonds. The van der Waals surface area contributed by atoms with Crippen molar-refractivity contribution in [1.29, 1.82) is 0 Å². The van der Waals surface area contributed by atoms with Gasteiger partial charge in [-0.25, -0.2) is 9.59 Å². The molecule has 0 radical (unpaired) electrons. The van der Waals surface area contributed by atoms with Crippen molar-refractivity contribution < 1.29 is 19.4 Å². The molecule has 1 aromatic rings. The van der Waals surface area contributed by atoms with Gasteiger partial charge in [0.15, 0.2) is 0 Å². The van der Waals surface area contributed by atoms with Crippen LogP contribution in [0.25, 0.3) is 0 Å². The number of carbonyl (C=O) groups is 2. The second kappa shape index (κ2) is 5.92. The van der Waals surface area contributed by atoms with Gasteiger partial charge in [0, 0.05) is 6.54 Å². The average molecular weight is 278 g/mol. The minimum absolute atomic E-state index is 0.0261. The Balaban J connectivity index is 2.19. The number of urea groups is 1. The van der Waals surface area contributed by atoms with Crippen molar-refractivity contribution in [3.8, 4) is 0 Å². The van der Waals surface area contributed by atoms with Gasteiger partial charge >= 0.3 is 12.0 Å². The summed E-state index contributed by atoms with van der Waals surface area (Å²) in [6, 6.07) is 4.70. The monoisotopic (exact) mass is 278 g/mol. The number of anilines is 1. The summed E-state index contributed by atoms with van der Waals surface area (Å²) in [5.74, 6) is -1.05. The zero-order valence-electron chi connectivity index (χ0n) is 11.5. The number of amides is 2. The third-order valence-electron chi connectivity index (χ3n) is 3.36. The number of carboxylic acids is 1. The molecule has 0 saturated carbocycles. The number of nitrogens with one attached hydrogen (secondary N) is 1. The molecular formula is C14H18N2O4. The minimum Gasteiger partial charge on any atom is -0.478 e. The highest BCUT2D eigenvalue weighted by atomic mass is 16.5. The summed E-state index contributed by atoms with van der Waals surface area (Å²) in [6.07, 6.45) is 0. The molecule has 1 aliphatic heterocycles. The van der Waals surface area contributed by atoms with Gasteiger partial charge in [0.25, 0.3) is 0 Å². The smallest absolute Gasteiger partial charge is 0.338 e. The number of ether oxygens (including phenoxy) is 1. The maximum atomic E-state index is 12.2. The van der Waals surface area contributed by atoms with Crippen molar-refractivity contribution in [2.75, 3.05) is 25.1 Å². The van der Waals surface area contributed by atoms with Crippen LogP contribution in [0.3, 0.4) is 0 Å². The Hall–Kier alpha value is -2.08. The van der Waals surface area contributed by atoms with Crippen LogP contribution >= 0.6 is 0 Å². The molecule has 6 heteroatoms. The Morgan fingerprint density at radius 3 is 2.85 bits per heavy atom. The summed E-state index contributed by atoms with van der Waals surface area (Å²) in [6.45, 7) is 5.09. The van der Waals surface area contributed by atoms with E-state index in [0.717, 1.165) is 0 Å². The number of carbonyl (C=O) groups excluding carboxylic acids is 1. The molecule has 0 aliphatic carbocycles. The van der Waals surface area contributed by atoms with Crippen LogP contribution in [0.4, 0.5) is 10.5 Å². The highest BCUT2D eigenvalue weighted by Crippen LogP contribution is 2.20. The standard InChI is InChI=1S/C14H18N2O4/c1-9-4-3-5-11(12(9)13(17)18)15-14(19)16-6-7-20-8-10(16)2/h3-5,10H,6-8H2,1-2H3,(H,15,19)(H,17,18). The van der Waals surface area contributed by atoms with Gasteiger partial charge in [-0.3, -0.25) is 0 Å². The van der Waals surface area contributed by atoms with Gasteiger partial charge in [-0.2, -0.15) is 0 Å². The molecule has 1 aliphatic rings. The number of aryl methyl sites for hydroxylation is 1. The summed E-state index contributed by atoms with van der Waals surface area (Å²) in [5, 5.41) is 11.9. The second-order valence-corrected chi connectivity index (χ2v) is 4.85. The zero-order valence-corrected chi connectivity index (χ0v) is 11.5. The van der Waals surface area contributed by atoms with Gasteiger partial charge in [0.2, 0.25) is 0 Å². The number of carboxylic acid groups (broad SMARTS) is 1. The van der Waals surface area contributed by atoms with Crippen LogP contribution in [0, 0.1) is 6.92 Å². The lowest BCUT2D eigenvalue weighted by atomic mass is 10.1. The summed E-state index contributed by atoms with van der Waals surface area (Å²) in [4.78, 5) is 25.2. The van der Waals surface area contributed by atoms with E-state index in [0.29, 0.717) is 31.0 Å². The Labute approximate surface area is 117 Å². The molecule has 0 spiro atoms. The molecule has 108 valence electrons. The Morgan fingerprint density at radius 1 is 1.45 bits per heavy atom. The topological polar surface area (TPSA) is 78.9 Å². The lowest BCUT2D eigenvalue weighted by Crippen LogP contribution is -2.49. The first-order valence-corrected chi connectivity index (χ1v) is 6.49. The first kappa shape index (κ1) is 14.3. The number of hydrogen-bond donors (Lipinski definition) is 2. The van der Waals surface area contributed by atoms with Gasteiger partial charge in [0.1, 0.15) is 0 Å². The quantitative estimate of drug-likeness (QED) is 0.866. The number of nitrogens with zero attached hydrogens (tertiary/aromatic N) is 1. The number of aromatic carboxylic acids is 1. The molecule has 2 N–H and O–H groups in total. The van der Waals surface area contributed by atoms with E-state index in [-0.39, 0.29) is 17.6 Å². The fraction of sp³-hybridized carbons (Fsp3) is 0.429. The fourth-order valence-electron chi connectivity index (χ4n) is 2.27. The minimum atomic E-state index is -1.05. The number of morpholine rings is 1. The predicted molar refractivity (Wildman–Crippen MR) is 74.1 cm³/mol. The molecule has 6 nitrogen and oxygen atoms in total. The first-order chi connectivity index (χ1) is 9.50. The predicted octanol–water partition coefficient (Wildman–Crippen LogP) is 1.95. The lowest BCUT2D eigenvalue weighted by molar-refractivity contribution is 0.0221. The molecule has 1 aromatic carbocycles. The molecule has 20 heavy (non-hydrogen) atoms. The van der Waals surface area contributed by atoms with Crippen LogP contribution in [-0.2, 0) is 4.74 Å². The average Bonchev–Trinajstić information content (AvgIpc) is 2.38. The summed E-state index contributed by atoms with van der Waals surface area (Å²) >= 11 is 0. The number of benzene rings is 1. The van der Waals surface area contributed by atoms with E-state index in [9.17, 15) is 14.7 Å². The lowest BCUT2D eigenvalue weighted by Gasteiger charge is -2.33. The molecule has 0 aromatic heterocycles. The third-order valence-corrected chi connectivity index (χ3v) is 3.36. The van der Waals surface area contributed by atoms with Crippen LogP contribution in [-0.4, -0.2) is 47.8 Å². The van der Waals surface area contributed by atoms with Crippen molar-refractivity contribution in [3.63, 3.8) is 0 Å². The molecule has 1 fully saturated rings. The van der Waals surface area contributed by atoms with Crippen molar-refractivity contribution in [3.05, 3.63) is 29.3 Å². The Morgan fingerprint density at radius 2 is 2.20 bits per heavy atom. The van der Waals surface area contributed by atoms with E-state index in [2.05, 4.69) is 5.32 Å². The molecule has 0 bridgehead atoms. The van der Waals surface area contributed by atoms with Gasteiger partial charge in [0.05, 0.1) is 30.5 Å². The molecule has 2 rings (SSSR count). The zero-order chi connectivity index (χ0) is 14.7. The van der Waals surface area contributed by atoms with E-state index in [4.69, 9.17) is 4.74 Å². The van der Waals surface area contributed by atoms with E-state index < -0.39 is 5.97 Å². The SMILES string of the molecule is Cc1cccc(NC(=O)N2CCOCC2C)c1C(=O)O. The van der Waals surface area contributed by atoms with Crippen molar-refractivity contribution in [2.24, 2.45) is 0 Å². The normalized spacial score (nSPS) is 18.7. The molecule has 1 atom stereocenters. The van der Waals surface area contributed by atoms with Crippen molar-refractivity contribution >= 4 is 17.7 Å². The van der Waals surface area contributed by atoms with E-state index in [1.165, 1.54) is 0 Å². The first-order valence-electron chi connectivity index (χ1n) is 6.49. The van der Waals surface area contributed by atoms with Gasteiger partial charge in [-0.15, -0.1) is 0 Å². The van der Waals surface area contributed by atoms with Crippen LogP contribution < -0.4 is 5.32 Å². The maximum absolute atomic E-state index is 12.2. The maximum Gasteiger partial charge on any atom is 0.338 e. The van der Waals surface area contributed by atoms with Crippen molar-refractivity contribution in [1.82, 2.24) is 4.90 Å². The summed E-state index contributed by atoms with van der Waals surface area (Å²) in [5.41, 5.74) is 1.06. The number of rotatable bonds is 2. The molecule has 1 saturated heterocycles. The van der Waals surface area contributed by atoms with E-state index in [1.54, 1.807) is 30.0 Å². The van der Waals surface area contributed by atoms with Crippen molar-refractivity contribution in [2.45, 2.75) is 19.9 Å². The molecular weight excluding hydrogens is 260 g/mol. The fourth-order valence-corrected chi connectivity index (χ4v) is 2.27. The van der Waals surface area contributed by atoms with Gasteiger partial charge in [-0.05, 0) is 25.5 Å². The van der Waals surface area contributed by atoms with Crippen LogP contribution in [0.2, 0.25) is 0 Å². The van der Waals surface area contributed by atoms with Gasteiger partial charge < -0.3 is 20.1 Å². The van der Waals surface area contributed by atoms with Crippen LogP contribution in [0.15, 0.2) is 18.2 Å². The Kier molecular flexibility index (Phi) is 4.24. The molecule has 1 heterocycles. The second-order valence-electron chi connectivity index (χ2n) is 4.85. The van der Waals surface area contributed by atoms with E-state index in [1.807, 2.05) is 6.92 Å². The summed E-state index contributed by atoms with van der Waals surface area (Å²) < 4.78 is 5.28. The van der Waals surface area contributed by atoms with E-state index >= 15 is 0 Å². The number of hydrogen-bond acceptors (Lipinski definition) is 3. The van der Waals surface area contributed by atoms with Gasteiger partial charge in [-0.1, -0.05) is 12.1 Å². The summed E-state index contributed by atoms with van der Waals surface area (Å²) in [7, 11) is 0. The van der Waals surface area contributed by atoms with Crippen LogP contribution in [0.5, 0.6) is 0 Å². The van der Waals surface area contributed by atoms with Crippen LogP contribution in [0.1, 0.15) is 22.8 Å². The molecule has 1 unspecified atom stereocenters. The largest absolute Gasteiger partial charge is 0.478 e. The highest BCUT2D eigenvalue weighted by Gasteiger charge is 2.25.